The van der Waals surface area contributed by atoms with Gasteiger partial charge in [0, 0.05) is 11.1 Å². The molecule has 0 aromatic heterocycles. The molecule has 18 heavy (non-hydrogen) atoms. The first-order valence-corrected chi connectivity index (χ1v) is 6.19. The van der Waals surface area contributed by atoms with Crippen LogP contribution in [0.1, 0.15) is 25.3 Å². The fourth-order valence-electron chi connectivity index (χ4n) is 2.12. The van der Waals surface area contributed by atoms with E-state index in [9.17, 15) is 4.79 Å². The maximum Gasteiger partial charge on any atom is 0.230 e. The fraction of sp³-hybridized carbons (Fsp3) is 0.500. The Morgan fingerprint density at radius 1 is 1.22 bits per heavy atom. The molecule has 4 heteroatoms. The van der Waals surface area contributed by atoms with Gasteiger partial charge < -0.3 is 10.6 Å². The van der Waals surface area contributed by atoms with Gasteiger partial charge >= 0.3 is 0 Å². The lowest BCUT2D eigenvalue weighted by Crippen LogP contribution is -2.42. The van der Waals surface area contributed by atoms with E-state index in [2.05, 4.69) is 17.6 Å². The summed E-state index contributed by atoms with van der Waals surface area (Å²) in [6, 6.07) is 7.94. The van der Waals surface area contributed by atoms with Crippen molar-refractivity contribution < 1.29 is 4.79 Å². The van der Waals surface area contributed by atoms with E-state index < -0.39 is 0 Å². The standard InChI is InChI=1S/C14H20N2O.ClH/c1-11-3-5-12(6-4-11)16-13(17)14(2)7-9-15-10-8-14;/h3-6,15H,7-10H2,1-2H3,(H,16,17);1H. The van der Waals surface area contributed by atoms with Crippen molar-refractivity contribution in [2.45, 2.75) is 26.7 Å². The molecule has 1 aromatic carbocycles. The molecule has 1 aliphatic rings. The maximum atomic E-state index is 12.2. The highest BCUT2D eigenvalue weighted by Crippen LogP contribution is 2.29. The minimum atomic E-state index is -0.226. The fourth-order valence-corrected chi connectivity index (χ4v) is 2.12. The van der Waals surface area contributed by atoms with Crippen LogP contribution in [0.4, 0.5) is 5.69 Å². The number of amides is 1. The zero-order valence-corrected chi connectivity index (χ0v) is 11.8. The van der Waals surface area contributed by atoms with Crippen molar-refractivity contribution in [3.63, 3.8) is 0 Å². The molecule has 1 aliphatic heterocycles. The average molecular weight is 269 g/mol. The smallest absolute Gasteiger partial charge is 0.230 e. The summed E-state index contributed by atoms with van der Waals surface area (Å²) in [5.41, 5.74) is 1.87. The molecule has 1 heterocycles. The topological polar surface area (TPSA) is 41.1 Å². The molecular weight excluding hydrogens is 248 g/mol. The van der Waals surface area contributed by atoms with Crippen LogP contribution in [-0.4, -0.2) is 19.0 Å². The summed E-state index contributed by atoms with van der Waals surface area (Å²) in [7, 11) is 0. The van der Waals surface area contributed by atoms with Gasteiger partial charge in [-0.25, -0.2) is 0 Å². The summed E-state index contributed by atoms with van der Waals surface area (Å²) < 4.78 is 0. The molecule has 0 atom stereocenters. The van der Waals surface area contributed by atoms with E-state index in [1.54, 1.807) is 0 Å². The number of carbonyl (C=O) groups excluding carboxylic acids is 1. The van der Waals surface area contributed by atoms with Crippen molar-refractivity contribution >= 4 is 24.0 Å². The first-order chi connectivity index (χ1) is 8.10. The molecule has 0 saturated carbocycles. The van der Waals surface area contributed by atoms with Crippen LogP contribution in [-0.2, 0) is 4.79 Å². The van der Waals surface area contributed by atoms with Crippen LogP contribution in [0, 0.1) is 12.3 Å². The predicted molar refractivity (Wildman–Crippen MR) is 77.3 cm³/mol. The molecule has 1 aromatic rings. The third-order valence-electron chi connectivity index (χ3n) is 3.56. The van der Waals surface area contributed by atoms with Gasteiger partial charge in [-0.05, 0) is 45.0 Å². The normalized spacial score (nSPS) is 17.7. The monoisotopic (exact) mass is 268 g/mol. The molecule has 1 amide bonds. The first kappa shape index (κ1) is 15.0. The zero-order valence-electron chi connectivity index (χ0n) is 11.0. The number of halogens is 1. The molecule has 0 spiro atoms. The number of anilines is 1. The highest BCUT2D eigenvalue weighted by Gasteiger charge is 2.34. The van der Waals surface area contributed by atoms with Crippen LogP contribution in [0.2, 0.25) is 0 Å². The third kappa shape index (κ3) is 3.47. The highest BCUT2D eigenvalue weighted by atomic mass is 35.5. The molecular formula is C14H21ClN2O. The number of piperidine rings is 1. The van der Waals surface area contributed by atoms with Gasteiger partial charge in [-0.15, -0.1) is 12.4 Å². The number of nitrogens with one attached hydrogen (secondary N) is 2. The Bertz CT molecular complexity index is 397. The summed E-state index contributed by atoms with van der Waals surface area (Å²) >= 11 is 0. The Balaban J connectivity index is 0.00000162. The minimum absolute atomic E-state index is 0. The van der Waals surface area contributed by atoms with Crippen molar-refractivity contribution in [2.24, 2.45) is 5.41 Å². The Hall–Kier alpha value is -1.06. The lowest BCUT2D eigenvalue weighted by Gasteiger charge is -2.32. The lowest BCUT2D eigenvalue weighted by atomic mass is 9.80. The molecule has 2 rings (SSSR count). The van der Waals surface area contributed by atoms with E-state index in [0.717, 1.165) is 31.6 Å². The van der Waals surface area contributed by atoms with E-state index >= 15 is 0 Å². The van der Waals surface area contributed by atoms with Gasteiger partial charge in [-0.3, -0.25) is 4.79 Å². The van der Waals surface area contributed by atoms with Crippen LogP contribution in [0.15, 0.2) is 24.3 Å². The quantitative estimate of drug-likeness (QED) is 0.866. The molecule has 100 valence electrons. The summed E-state index contributed by atoms with van der Waals surface area (Å²) in [6.45, 7) is 5.95. The number of aryl methyl sites for hydroxylation is 1. The number of rotatable bonds is 2. The van der Waals surface area contributed by atoms with E-state index in [-0.39, 0.29) is 23.7 Å². The SMILES string of the molecule is Cc1ccc(NC(=O)C2(C)CCNCC2)cc1.Cl. The summed E-state index contributed by atoms with van der Waals surface area (Å²) in [4.78, 5) is 12.2. The molecule has 3 nitrogen and oxygen atoms in total. The molecule has 0 bridgehead atoms. The second-order valence-electron chi connectivity index (χ2n) is 5.13. The molecule has 1 fully saturated rings. The van der Waals surface area contributed by atoms with Crippen LogP contribution < -0.4 is 10.6 Å². The van der Waals surface area contributed by atoms with Crippen molar-refractivity contribution in [3.8, 4) is 0 Å². The van der Waals surface area contributed by atoms with Crippen molar-refractivity contribution in [3.05, 3.63) is 29.8 Å². The lowest BCUT2D eigenvalue weighted by molar-refractivity contribution is -0.126. The van der Waals surface area contributed by atoms with E-state index in [1.165, 1.54) is 5.56 Å². The van der Waals surface area contributed by atoms with Gasteiger partial charge in [-0.1, -0.05) is 24.6 Å². The summed E-state index contributed by atoms with van der Waals surface area (Å²) in [6.07, 6.45) is 1.81. The van der Waals surface area contributed by atoms with Gasteiger partial charge in [0.1, 0.15) is 0 Å². The number of carbonyl (C=O) groups is 1. The summed E-state index contributed by atoms with van der Waals surface area (Å²) in [5.74, 6) is 0.142. The molecule has 1 saturated heterocycles. The van der Waals surface area contributed by atoms with Crippen molar-refractivity contribution in [1.29, 1.82) is 0 Å². The summed E-state index contributed by atoms with van der Waals surface area (Å²) in [5, 5.41) is 6.30. The molecule has 0 unspecified atom stereocenters. The van der Waals surface area contributed by atoms with E-state index in [0.29, 0.717) is 0 Å². The second-order valence-corrected chi connectivity index (χ2v) is 5.13. The molecule has 2 N–H and O–H groups in total. The Kier molecular flexibility index (Phi) is 5.17. The maximum absolute atomic E-state index is 12.2. The predicted octanol–water partition coefficient (Wildman–Crippen LogP) is 2.75. The van der Waals surface area contributed by atoms with Gasteiger partial charge in [0.15, 0.2) is 0 Å². The van der Waals surface area contributed by atoms with Crippen molar-refractivity contribution in [2.75, 3.05) is 18.4 Å². The van der Waals surface area contributed by atoms with Gasteiger partial charge in [0.2, 0.25) is 5.91 Å². The zero-order chi connectivity index (χ0) is 12.3. The minimum Gasteiger partial charge on any atom is -0.326 e. The average Bonchev–Trinajstić information content (AvgIpc) is 2.33. The van der Waals surface area contributed by atoms with E-state index in [1.807, 2.05) is 31.2 Å². The highest BCUT2D eigenvalue weighted by molar-refractivity contribution is 5.95. The van der Waals surface area contributed by atoms with Crippen LogP contribution in [0.25, 0.3) is 0 Å². The molecule has 0 aliphatic carbocycles. The van der Waals surface area contributed by atoms with E-state index in [4.69, 9.17) is 0 Å². The van der Waals surface area contributed by atoms with Gasteiger partial charge in [0.25, 0.3) is 0 Å². The van der Waals surface area contributed by atoms with Crippen LogP contribution in [0.3, 0.4) is 0 Å². The van der Waals surface area contributed by atoms with Crippen LogP contribution >= 0.6 is 12.4 Å². The van der Waals surface area contributed by atoms with Crippen LogP contribution in [0.5, 0.6) is 0 Å². The number of hydrogen-bond donors (Lipinski definition) is 2. The Morgan fingerprint density at radius 2 is 1.78 bits per heavy atom. The Labute approximate surface area is 115 Å². The first-order valence-electron chi connectivity index (χ1n) is 6.19. The third-order valence-corrected chi connectivity index (χ3v) is 3.56. The largest absolute Gasteiger partial charge is 0.326 e. The number of benzene rings is 1. The number of hydrogen-bond acceptors (Lipinski definition) is 2. The second kappa shape index (κ2) is 6.21. The molecule has 0 radical (unpaired) electrons. The van der Waals surface area contributed by atoms with Crippen molar-refractivity contribution in [1.82, 2.24) is 5.32 Å². The van der Waals surface area contributed by atoms with Gasteiger partial charge in [0.05, 0.1) is 0 Å². The van der Waals surface area contributed by atoms with Gasteiger partial charge in [-0.2, -0.15) is 0 Å². The Morgan fingerprint density at radius 3 is 2.33 bits per heavy atom.